The zero-order valence-electron chi connectivity index (χ0n) is 21.7. The number of anilines is 1. The van der Waals surface area contributed by atoms with Crippen LogP contribution in [0.25, 0.3) is 16.9 Å². The number of carbonyl (C=O) groups excluding carboxylic acids is 1. The number of fused-ring (bicyclic) bond motifs is 1. The van der Waals surface area contributed by atoms with Gasteiger partial charge in [-0.05, 0) is 37.3 Å². The lowest BCUT2D eigenvalue weighted by atomic mass is 9.93. The molecule has 1 aliphatic heterocycles. The number of halogens is 1. The maximum Gasteiger partial charge on any atom is 0.272 e. The molecule has 0 unspecified atom stereocenters. The predicted molar refractivity (Wildman–Crippen MR) is 143 cm³/mol. The number of amides is 1. The molecule has 0 bridgehead atoms. The number of aromatic nitrogens is 3. The van der Waals surface area contributed by atoms with Gasteiger partial charge >= 0.3 is 0 Å². The second kappa shape index (κ2) is 9.84. The van der Waals surface area contributed by atoms with Crippen LogP contribution in [0, 0.1) is 5.82 Å². The van der Waals surface area contributed by atoms with E-state index in [2.05, 4.69) is 30.7 Å². The lowest BCUT2D eigenvalue weighted by Crippen LogP contribution is -2.49. The van der Waals surface area contributed by atoms with Gasteiger partial charge in [0.2, 0.25) is 0 Å². The smallest absolute Gasteiger partial charge is 0.272 e. The summed E-state index contributed by atoms with van der Waals surface area (Å²) in [5.74, 6) is 0.306. The molecule has 7 nitrogen and oxygen atoms in total. The van der Waals surface area contributed by atoms with Crippen molar-refractivity contribution in [2.75, 3.05) is 37.7 Å². The zero-order valence-corrected chi connectivity index (χ0v) is 21.7. The SMILES string of the molecule is CCOc1ccccc1N1CCN(C(=O)c2cc(-c3ccccc3F)n3nc(C(C)(C)C)cc3n2)CC1. The molecular weight excluding hydrogens is 469 g/mol. The molecule has 1 amide bonds. The van der Waals surface area contributed by atoms with Crippen LogP contribution in [0.4, 0.5) is 10.1 Å². The monoisotopic (exact) mass is 501 g/mol. The van der Waals surface area contributed by atoms with E-state index >= 15 is 0 Å². The summed E-state index contributed by atoms with van der Waals surface area (Å²) in [4.78, 5) is 22.3. The van der Waals surface area contributed by atoms with Gasteiger partial charge in [-0.15, -0.1) is 0 Å². The Labute approximate surface area is 216 Å². The molecule has 1 fully saturated rings. The molecule has 0 radical (unpaired) electrons. The van der Waals surface area contributed by atoms with Gasteiger partial charge in [0.15, 0.2) is 5.65 Å². The number of rotatable bonds is 5. The summed E-state index contributed by atoms with van der Waals surface area (Å²) in [6.45, 7) is 11.2. The Bertz CT molecular complexity index is 1430. The highest BCUT2D eigenvalue weighted by Gasteiger charge is 2.27. The normalized spacial score (nSPS) is 14.3. The van der Waals surface area contributed by atoms with Gasteiger partial charge in [0.05, 0.1) is 23.7 Å². The van der Waals surface area contributed by atoms with Crippen LogP contribution in [0.15, 0.2) is 60.7 Å². The lowest BCUT2D eigenvalue weighted by Gasteiger charge is -2.36. The van der Waals surface area contributed by atoms with Crippen LogP contribution in [-0.4, -0.2) is 58.2 Å². The summed E-state index contributed by atoms with van der Waals surface area (Å²) in [5.41, 5.74) is 3.33. The maximum absolute atomic E-state index is 14.9. The third-order valence-electron chi connectivity index (χ3n) is 6.64. The first-order chi connectivity index (χ1) is 17.8. The first kappa shape index (κ1) is 24.7. The van der Waals surface area contributed by atoms with E-state index < -0.39 is 0 Å². The second-order valence-electron chi connectivity index (χ2n) is 10.2. The molecule has 0 saturated carbocycles. The summed E-state index contributed by atoms with van der Waals surface area (Å²) in [5, 5.41) is 4.73. The van der Waals surface area contributed by atoms with Crippen molar-refractivity contribution in [3.63, 3.8) is 0 Å². The zero-order chi connectivity index (χ0) is 26.2. The van der Waals surface area contributed by atoms with Gasteiger partial charge in [-0.2, -0.15) is 5.10 Å². The number of benzene rings is 2. The van der Waals surface area contributed by atoms with E-state index in [1.54, 1.807) is 28.8 Å². The molecule has 0 spiro atoms. The van der Waals surface area contributed by atoms with Gasteiger partial charge in [-0.25, -0.2) is 13.9 Å². The molecule has 1 aliphatic rings. The van der Waals surface area contributed by atoms with Crippen molar-refractivity contribution in [3.05, 3.63) is 77.9 Å². The van der Waals surface area contributed by atoms with Crippen LogP contribution < -0.4 is 9.64 Å². The third-order valence-corrected chi connectivity index (χ3v) is 6.64. The molecule has 0 N–H and O–H groups in total. The van der Waals surface area contributed by atoms with E-state index in [0.29, 0.717) is 49.7 Å². The Kier molecular flexibility index (Phi) is 6.58. The first-order valence-electron chi connectivity index (χ1n) is 12.7. The highest BCUT2D eigenvalue weighted by molar-refractivity contribution is 5.94. The number of piperazine rings is 1. The Morgan fingerprint density at radius 3 is 2.41 bits per heavy atom. The van der Waals surface area contributed by atoms with E-state index in [-0.39, 0.29) is 22.8 Å². The summed E-state index contributed by atoms with van der Waals surface area (Å²) in [6.07, 6.45) is 0. The van der Waals surface area contributed by atoms with Crippen molar-refractivity contribution in [3.8, 4) is 17.0 Å². The molecular formula is C29H32FN5O2. The number of hydrogen-bond donors (Lipinski definition) is 0. The van der Waals surface area contributed by atoms with Gasteiger partial charge < -0.3 is 14.5 Å². The van der Waals surface area contributed by atoms with Crippen molar-refractivity contribution < 1.29 is 13.9 Å². The molecule has 4 aromatic rings. The van der Waals surface area contributed by atoms with E-state index in [0.717, 1.165) is 17.1 Å². The van der Waals surface area contributed by atoms with Crippen LogP contribution in [0.5, 0.6) is 5.75 Å². The van der Waals surface area contributed by atoms with E-state index in [9.17, 15) is 9.18 Å². The fraction of sp³-hybridized carbons (Fsp3) is 0.345. The van der Waals surface area contributed by atoms with Gasteiger partial charge in [-0.3, -0.25) is 4.79 Å². The average Bonchev–Trinajstić information content (AvgIpc) is 3.34. The van der Waals surface area contributed by atoms with Gasteiger partial charge in [0.25, 0.3) is 5.91 Å². The van der Waals surface area contributed by atoms with Gasteiger partial charge in [0, 0.05) is 43.2 Å². The highest BCUT2D eigenvalue weighted by Crippen LogP contribution is 2.30. The Morgan fingerprint density at radius 2 is 1.70 bits per heavy atom. The maximum atomic E-state index is 14.9. The van der Waals surface area contributed by atoms with Crippen molar-refractivity contribution in [2.45, 2.75) is 33.1 Å². The standard InChI is InChI=1S/C29H32FN5O2/c1-5-37-25-13-9-8-12-23(25)33-14-16-34(17-15-33)28(36)22-18-24(20-10-6-7-11-21(20)30)35-27(31-22)19-26(32-35)29(2,3)4/h6-13,18-19H,5,14-17H2,1-4H3. The first-order valence-corrected chi connectivity index (χ1v) is 12.7. The third kappa shape index (κ3) is 4.88. The molecule has 0 atom stereocenters. The molecule has 3 heterocycles. The van der Waals surface area contributed by atoms with Crippen molar-refractivity contribution in [2.24, 2.45) is 0 Å². The molecule has 2 aromatic heterocycles. The van der Waals surface area contributed by atoms with Crippen molar-refractivity contribution in [1.29, 1.82) is 0 Å². The molecule has 1 saturated heterocycles. The minimum absolute atomic E-state index is 0.170. The average molecular weight is 502 g/mol. The number of nitrogens with zero attached hydrogens (tertiary/aromatic N) is 5. The summed E-state index contributed by atoms with van der Waals surface area (Å²) in [6, 6.07) is 18.1. The van der Waals surface area contributed by atoms with Crippen LogP contribution >= 0.6 is 0 Å². The Morgan fingerprint density at radius 1 is 1.00 bits per heavy atom. The summed E-state index contributed by atoms with van der Waals surface area (Å²) in [7, 11) is 0. The minimum atomic E-state index is -0.372. The van der Waals surface area contributed by atoms with E-state index in [4.69, 9.17) is 9.84 Å². The fourth-order valence-electron chi connectivity index (χ4n) is 4.62. The molecule has 37 heavy (non-hydrogen) atoms. The Balaban J connectivity index is 1.46. The molecule has 192 valence electrons. The van der Waals surface area contributed by atoms with Crippen molar-refractivity contribution >= 4 is 17.2 Å². The van der Waals surface area contributed by atoms with Gasteiger partial charge in [-0.1, -0.05) is 45.0 Å². The van der Waals surface area contributed by atoms with Crippen LogP contribution in [-0.2, 0) is 5.41 Å². The van der Waals surface area contributed by atoms with Crippen LogP contribution in [0.3, 0.4) is 0 Å². The predicted octanol–water partition coefficient (Wildman–Crippen LogP) is 5.19. The highest BCUT2D eigenvalue weighted by atomic mass is 19.1. The molecule has 0 aliphatic carbocycles. The van der Waals surface area contributed by atoms with Crippen molar-refractivity contribution in [1.82, 2.24) is 19.5 Å². The summed E-state index contributed by atoms with van der Waals surface area (Å²) >= 11 is 0. The number of carbonyl (C=O) groups is 1. The minimum Gasteiger partial charge on any atom is -0.492 e. The fourth-order valence-corrected chi connectivity index (χ4v) is 4.62. The largest absolute Gasteiger partial charge is 0.492 e. The summed E-state index contributed by atoms with van der Waals surface area (Å²) < 4.78 is 22.3. The van der Waals surface area contributed by atoms with Gasteiger partial charge in [0.1, 0.15) is 17.3 Å². The van der Waals surface area contributed by atoms with E-state index in [1.807, 2.05) is 42.2 Å². The molecule has 2 aromatic carbocycles. The van der Waals surface area contributed by atoms with Crippen LogP contribution in [0.1, 0.15) is 43.9 Å². The second-order valence-corrected chi connectivity index (χ2v) is 10.2. The molecule has 5 rings (SSSR count). The number of para-hydroxylation sites is 2. The molecule has 8 heteroatoms. The lowest BCUT2D eigenvalue weighted by molar-refractivity contribution is 0.0741. The number of hydrogen-bond acceptors (Lipinski definition) is 5. The number of ether oxygens (including phenoxy) is 1. The quantitative estimate of drug-likeness (QED) is 0.376. The van der Waals surface area contributed by atoms with E-state index in [1.165, 1.54) is 6.07 Å². The topological polar surface area (TPSA) is 63.0 Å². The Hall–Kier alpha value is -3.94. The van der Waals surface area contributed by atoms with Crippen LogP contribution in [0.2, 0.25) is 0 Å².